The molecular formula is C41H53N3O11. The molecule has 3 atom stereocenters. The Balaban J connectivity index is 0.000000633. The molecule has 0 aliphatic rings. The van der Waals surface area contributed by atoms with Crippen molar-refractivity contribution in [2.45, 2.75) is 108 Å². The molecule has 0 aliphatic heterocycles. The molecule has 3 amide bonds. The summed E-state index contributed by atoms with van der Waals surface area (Å²) in [5.74, 6) is -5.58. The van der Waals surface area contributed by atoms with Gasteiger partial charge < -0.3 is 41.5 Å². The highest BCUT2D eigenvalue weighted by Crippen LogP contribution is 2.22. The van der Waals surface area contributed by atoms with E-state index in [9.17, 15) is 39.0 Å². The number of aliphatic carboxylic acids is 3. The van der Waals surface area contributed by atoms with Gasteiger partial charge in [0.1, 0.15) is 0 Å². The van der Waals surface area contributed by atoms with E-state index in [2.05, 4.69) is 16.0 Å². The third-order valence-electron chi connectivity index (χ3n) is 8.29. The van der Waals surface area contributed by atoms with E-state index in [1.165, 1.54) is 0 Å². The number of benzene rings is 3. The molecule has 0 heterocycles. The summed E-state index contributed by atoms with van der Waals surface area (Å²) in [6.45, 7) is 5.67. The molecule has 0 radical (unpaired) electrons. The van der Waals surface area contributed by atoms with Gasteiger partial charge in [0.15, 0.2) is 0 Å². The molecule has 0 bridgehead atoms. The molecule has 0 aliphatic carbocycles. The normalized spacial score (nSPS) is 13.7. The van der Waals surface area contributed by atoms with Gasteiger partial charge in [-0.2, -0.15) is 0 Å². The Kier molecular flexibility index (Phi) is 18.7. The molecule has 3 unspecified atom stereocenters. The Hall–Kier alpha value is -5.60. The highest BCUT2D eigenvalue weighted by atomic mass is 16.4. The van der Waals surface area contributed by atoms with Crippen molar-refractivity contribution in [3.8, 4) is 0 Å². The lowest BCUT2D eigenvalue weighted by Gasteiger charge is -2.29. The highest BCUT2D eigenvalue weighted by Gasteiger charge is 2.37. The number of carboxylic acids is 3. The van der Waals surface area contributed by atoms with Gasteiger partial charge in [0.05, 0.1) is 49.7 Å². The zero-order chi connectivity index (χ0) is 41.0. The van der Waals surface area contributed by atoms with Crippen molar-refractivity contribution in [1.82, 2.24) is 16.0 Å². The van der Waals surface area contributed by atoms with Crippen molar-refractivity contribution < 1.29 is 54.3 Å². The second kappa shape index (κ2) is 22.6. The van der Waals surface area contributed by atoms with E-state index in [1.807, 2.05) is 112 Å². The van der Waals surface area contributed by atoms with Gasteiger partial charge in [-0.15, -0.1) is 0 Å². The summed E-state index contributed by atoms with van der Waals surface area (Å²) in [4.78, 5) is 69.7. The number of hydrogen-bond donors (Lipinski definition) is 8. The lowest BCUT2D eigenvalue weighted by atomic mass is 9.89. The summed E-state index contributed by atoms with van der Waals surface area (Å²) in [5.41, 5.74) is -0.843. The van der Waals surface area contributed by atoms with Gasteiger partial charge in [0, 0.05) is 18.1 Å². The number of aliphatic hydroxyl groups is 2. The van der Waals surface area contributed by atoms with Crippen molar-refractivity contribution in [1.29, 1.82) is 0 Å². The molecule has 0 fully saturated rings. The van der Waals surface area contributed by atoms with Gasteiger partial charge in [-0.05, 0) is 56.7 Å². The van der Waals surface area contributed by atoms with Crippen molar-refractivity contribution in [2.75, 3.05) is 0 Å². The van der Waals surface area contributed by atoms with Crippen molar-refractivity contribution in [3.63, 3.8) is 0 Å². The topological polar surface area (TPSA) is 240 Å². The first-order valence-corrected chi connectivity index (χ1v) is 18.0. The lowest BCUT2D eigenvalue weighted by Crippen LogP contribution is -2.48. The maximum Gasteiger partial charge on any atom is 0.306 e. The SMILES string of the molecule is CC(Cc1ccccc1)NC(=O)CC(O)(CC(=O)NC(C)Cc1ccccc1)CC(=O)NC(C)Cc1ccccc1.O=C(O)CC(O)(CC(=O)O)CC(=O)O. The average Bonchev–Trinajstić information content (AvgIpc) is 3.04. The molecule has 14 nitrogen and oxygen atoms in total. The summed E-state index contributed by atoms with van der Waals surface area (Å²) < 4.78 is 0. The standard InChI is InChI=1S/C34H43N3O4.C7H10O7/c1-25(19-28-13-7-4-8-14-28)35-31(38)22-34(41,23-32(39)36-26(2)20-29-15-9-5-10-16-29)24-33(40)37-27(3)21-30-17-11-6-12-18-30;8-4(9)1-7(14,2-5(10)11)3-6(12)13/h4-18,25-27,41H,19-24H2,1-3H3,(H,35,38)(H,36,39)(H,37,40);14H,1-3H2,(H,8,9)(H,10,11)(H,12,13). The first kappa shape index (κ1) is 45.6. The summed E-state index contributed by atoms with van der Waals surface area (Å²) in [7, 11) is 0. The van der Waals surface area contributed by atoms with Crippen molar-refractivity contribution >= 4 is 35.6 Å². The predicted molar refractivity (Wildman–Crippen MR) is 204 cm³/mol. The quantitative estimate of drug-likeness (QED) is 0.0783. The number of hydrogen-bond acceptors (Lipinski definition) is 8. The molecule has 14 heteroatoms. The van der Waals surface area contributed by atoms with Crippen LogP contribution in [0.3, 0.4) is 0 Å². The van der Waals surface area contributed by atoms with Crippen molar-refractivity contribution in [2.24, 2.45) is 0 Å². The van der Waals surface area contributed by atoms with Crippen LogP contribution in [-0.4, -0.2) is 90.5 Å². The van der Waals surface area contributed by atoms with E-state index in [1.54, 1.807) is 0 Å². The van der Waals surface area contributed by atoms with E-state index in [-0.39, 0.29) is 37.4 Å². The number of carbonyl (C=O) groups excluding carboxylic acids is 3. The Morgan fingerprint density at radius 2 is 0.655 bits per heavy atom. The summed E-state index contributed by atoms with van der Waals surface area (Å²) in [6.07, 6.45) is -1.96. The summed E-state index contributed by atoms with van der Waals surface area (Å²) >= 11 is 0. The fourth-order valence-electron chi connectivity index (χ4n) is 6.15. The summed E-state index contributed by atoms with van der Waals surface area (Å²) in [6, 6.07) is 28.8. The number of amides is 3. The maximum absolute atomic E-state index is 13.0. The lowest BCUT2D eigenvalue weighted by molar-refractivity contribution is -0.154. The fourth-order valence-corrected chi connectivity index (χ4v) is 6.15. The predicted octanol–water partition coefficient (Wildman–Crippen LogP) is 3.27. The third-order valence-corrected chi connectivity index (χ3v) is 8.29. The van der Waals surface area contributed by atoms with Crippen molar-refractivity contribution in [3.05, 3.63) is 108 Å². The van der Waals surface area contributed by atoms with Crippen LogP contribution in [0.4, 0.5) is 0 Å². The van der Waals surface area contributed by atoms with Gasteiger partial charge in [0.25, 0.3) is 0 Å². The fraction of sp³-hybridized carbons (Fsp3) is 0.415. The molecule has 55 heavy (non-hydrogen) atoms. The van der Waals surface area contributed by atoms with E-state index >= 15 is 0 Å². The summed E-state index contributed by atoms with van der Waals surface area (Å²) in [5, 5.41) is 54.7. The van der Waals surface area contributed by atoms with Gasteiger partial charge in [-0.1, -0.05) is 91.0 Å². The average molecular weight is 764 g/mol. The molecule has 0 aromatic heterocycles. The minimum absolute atomic E-state index is 0.186. The second-order valence-corrected chi connectivity index (χ2v) is 14.2. The first-order chi connectivity index (χ1) is 25.8. The zero-order valence-electron chi connectivity index (χ0n) is 31.4. The molecule has 0 saturated heterocycles. The van der Waals surface area contributed by atoms with Crippen LogP contribution in [0.25, 0.3) is 0 Å². The number of carboxylic acid groups (broad SMARTS) is 3. The van der Waals surface area contributed by atoms with E-state index < -0.39 is 66.1 Å². The monoisotopic (exact) mass is 763 g/mol. The minimum Gasteiger partial charge on any atom is -0.481 e. The Morgan fingerprint density at radius 3 is 0.873 bits per heavy atom. The van der Waals surface area contributed by atoms with Crippen LogP contribution in [-0.2, 0) is 48.0 Å². The maximum atomic E-state index is 13.0. The first-order valence-electron chi connectivity index (χ1n) is 18.0. The molecule has 298 valence electrons. The Morgan fingerprint density at radius 1 is 0.436 bits per heavy atom. The van der Waals surface area contributed by atoms with Crippen LogP contribution in [0.15, 0.2) is 91.0 Å². The molecule has 3 aromatic rings. The van der Waals surface area contributed by atoms with Crippen LogP contribution in [0, 0.1) is 0 Å². The van der Waals surface area contributed by atoms with Gasteiger partial charge in [0.2, 0.25) is 17.7 Å². The molecule has 3 aromatic carbocycles. The number of nitrogens with one attached hydrogen (secondary N) is 3. The van der Waals surface area contributed by atoms with Crippen LogP contribution in [0.1, 0.15) is 76.0 Å². The minimum atomic E-state index is -2.23. The Bertz CT molecular complexity index is 1490. The molecule has 8 N–H and O–H groups in total. The Labute approximate surface area is 321 Å². The highest BCUT2D eigenvalue weighted by molar-refractivity contribution is 5.85. The largest absolute Gasteiger partial charge is 0.481 e. The van der Waals surface area contributed by atoms with E-state index in [0.29, 0.717) is 19.3 Å². The van der Waals surface area contributed by atoms with Crippen LogP contribution >= 0.6 is 0 Å². The van der Waals surface area contributed by atoms with Crippen LogP contribution < -0.4 is 16.0 Å². The molecule has 3 rings (SSSR count). The van der Waals surface area contributed by atoms with Gasteiger partial charge in [-0.25, -0.2) is 0 Å². The number of carbonyl (C=O) groups is 6. The smallest absolute Gasteiger partial charge is 0.306 e. The number of rotatable bonds is 21. The third kappa shape index (κ3) is 19.9. The van der Waals surface area contributed by atoms with Gasteiger partial charge in [-0.3, -0.25) is 28.8 Å². The molecule has 0 spiro atoms. The van der Waals surface area contributed by atoms with Crippen LogP contribution in [0.5, 0.6) is 0 Å². The molecular weight excluding hydrogens is 710 g/mol. The van der Waals surface area contributed by atoms with E-state index in [0.717, 1.165) is 16.7 Å². The zero-order valence-corrected chi connectivity index (χ0v) is 31.4. The second-order valence-electron chi connectivity index (χ2n) is 14.2. The van der Waals surface area contributed by atoms with E-state index in [4.69, 9.17) is 15.3 Å². The molecule has 0 saturated carbocycles. The van der Waals surface area contributed by atoms with Crippen LogP contribution in [0.2, 0.25) is 0 Å². The van der Waals surface area contributed by atoms with Gasteiger partial charge >= 0.3 is 17.9 Å².